The molecular formula is C26H30N4O4. The molecule has 178 valence electrons. The van der Waals surface area contributed by atoms with E-state index in [2.05, 4.69) is 34.7 Å². The number of rotatable bonds is 8. The normalized spacial score (nSPS) is 18.0. The fourth-order valence-electron chi connectivity index (χ4n) is 4.41. The Morgan fingerprint density at radius 1 is 0.971 bits per heavy atom. The SMILES string of the molecule is CC(C)c1ccc(Nc2nnc(C(=O)Nc3ccc(C4CCC(CC(=O)O)CC4)cc3)o2)cc1. The lowest BCUT2D eigenvalue weighted by molar-refractivity contribution is -0.138. The van der Waals surface area contributed by atoms with E-state index in [4.69, 9.17) is 9.52 Å². The Morgan fingerprint density at radius 3 is 2.24 bits per heavy atom. The van der Waals surface area contributed by atoms with Crippen molar-refractivity contribution in [3.05, 3.63) is 65.5 Å². The summed E-state index contributed by atoms with van der Waals surface area (Å²) in [6, 6.07) is 15.8. The molecule has 0 atom stereocenters. The number of carboxylic acids is 1. The predicted octanol–water partition coefficient (Wildman–Crippen LogP) is 5.94. The minimum atomic E-state index is -0.715. The largest absolute Gasteiger partial charge is 0.481 e. The number of hydrogen-bond donors (Lipinski definition) is 3. The van der Waals surface area contributed by atoms with Gasteiger partial charge in [0, 0.05) is 17.8 Å². The van der Waals surface area contributed by atoms with Gasteiger partial charge in [-0.3, -0.25) is 9.59 Å². The van der Waals surface area contributed by atoms with Crippen LogP contribution in [-0.2, 0) is 4.79 Å². The maximum atomic E-state index is 12.5. The van der Waals surface area contributed by atoms with E-state index in [0.717, 1.165) is 31.4 Å². The molecule has 3 aromatic rings. The van der Waals surface area contributed by atoms with Crippen molar-refractivity contribution in [2.75, 3.05) is 10.6 Å². The van der Waals surface area contributed by atoms with Gasteiger partial charge in [-0.25, -0.2) is 0 Å². The summed E-state index contributed by atoms with van der Waals surface area (Å²) in [5.41, 5.74) is 3.88. The summed E-state index contributed by atoms with van der Waals surface area (Å²) in [7, 11) is 0. The van der Waals surface area contributed by atoms with Crippen molar-refractivity contribution in [2.24, 2.45) is 5.92 Å². The molecule has 8 nitrogen and oxygen atoms in total. The zero-order chi connectivity index (χ0) is 24.1. The maximum Gasteiger partial charge on any atom is 0.320 e. The van der Waals surface area contributed by atoms with E-state index in [1.54, 1.807) is 0 Å². The first-order chi connectivity index (χ1) is 16.4. The zero-order valence-corrected chi connectivity index (χ0v) is 19.5. The third-order valence-corrected chi connectivity index (χ3v) is 6.40. The first-order valence-electron chi connectivity index (χ1n) is 11.7. The Hall–Kier alpha value is -3.68. The van der Waals surface area contributed by atoms with Gasteiger partial charge in [-0.1, -0.05) is 43.2 Å². The van der Waals surface area contributed by atoms with Gasteiger partial charge < -0.3 is 20.2 Å². The molecule has 3 N–H and O–H groups in total. The molecule has 34 heavy (non-hydrogen) atoms. The summed E-state index contributed by atoms with van der Waals surface area (Å²) in [6.07, 6.45) is 4.11. The molecule has 1 aromatic heterocycles. The Morgan fingerprint density at radius 2 is 1.62 bits per heavy atom. The Kier molecular flexibility index (Phi) is 7.25. The van der Waals surface area contributed by atoms with Gasteiger partial charge in [0.15, 0.2) is 0 Å². The second-order valence-electron chi connectivity index (χ2n) is 9.21. The summed E-state index contributed by atoms with van der Waals surface area (Å²) in [4.78, 5) is 23.4. The van der Waals surface area contributed by atoms with Gasteiger partial charge in [0.2, 0.25) is 0 Å². The average Bonchev–Trinajstić information content (AvgIpc) is 3.29. The zero-order valence-electron chi connectivity index (χ0n) is 19.5. The first kappa shape index (κ1) is 23.5. The van der Waals surface area contributed by atoms with Crippen molar-refractivity contribution in [1.29, 1.82) is 0 Å². The molecule has 0 radical (unpaired) electrons. The molecule has 1 fully saturated rings. The van der Waals surface area contributed by atoms with Crippen LogP contribution in [0.5, 0.6) is 0 Å². The minimum absolute atomic E-state index is 0.123. The van der Waals surface area contributed by atoms with Gasteiger partial charge in [-0.05, 0) is 78.8 Å². The fourth-order valence-corrected chi connectivity index (χ4v) is 4.41. The van der Waals surface area contributed by atoms with Crippen molar-refractivity contribution < 1.29 is 19.1 Å². The number of aliphatic carboxylic acids is 1. The van der Waals surface area contributed by atoms with E-state index < -0.39 is 11.9 Å². The van der Waals surface area contributed by atoms with Crippen LogP contribution in [-0.4, -0.2) is 27.2 Å². The Balaban J connectivity index is 1.30. The first-order valence-corrected chi connectivity index (χ1v) is 11.7. The number of hydrogen-bond acceptors (Lipinski definition) is 6. The van der Waals surface area contributed by atoms with Crippen LogP contribution in [0.3, 0.4) is 0 Å². The molecule has 0 saturated heterocycles. The molecule has 1 amide bonds. The Labute approximate surface area is 198 Å². The lowest BCUT2D eigenvalue weighted by Gasteiger charge is -2.28. The highest BCUT2D eigenvalue weighted by Gasteiger charge is 2.24. The predicted molar refractivity (Wildman–Crippen MR) is 129 cm³/mol. The molecule has 1 aliphatic rings. The van der Waals surface area contributed by atoms with Gasteiger partial charge >= 0.3 is 23.8 Å². The summed E-state index contributed by atoms with van der Waals surface area (Å²) < 4.78 is 5.47. The van der Waals surface area contributed by atoms with Crippen LogP contribution >= 0.6 is 0 Å². The standard InChI is InChI=1S/C26H30N4O4/c1-16(2)18-7-11-22(12-8-18)28-26-30-29-25(34-26)24(33)27-21-13-9-20(10-14-21)19-5-3-17(4-6-19)15-23(31)32/h7-14,16-17,19H,3-6,15H2,1-2H3,(H,27,33)(H,28,30)(H,31,32). The summed E-state index contributed by atoms with van der Waals surface area (Å²) >= 11 is 0. The van der Waals surface area contributed by atoms with Crippen LogP contribution in [0, 0.1) is 5.92 Å². The van der Waals surface area contributed by atoms with Crippen molar-refractivity contribution in [1.82, 2.24) is 10.2 Å². The monoisotopic (exact) mass is 462 g/mol. The summed E-state index contributed by atoms with van der Waals surface area (Å²) in [5, 5.41) is 22.5. The van der Waals surface area contributed by atoms with Crippen LogP contribution in [0.1, 0.15) is 79.6 Å². The fraction of sp³-hybridized carbons (Fsp3) is 0.385. The van der Waals surface area contributed by atoms with E-state index in [-0.39, 0.29) is 24.2 Å². The summed E-state index contributed by atoms with van der Waals surface area (Å²) in [6.45, 7) is 4.27. The lowest BCUT2D eigenvalue weighted by atomic mass is 9.77. The van der Waals surface area contributed by atoms with Gasteiger partial charge in [0.05, 0.1) is 0 Å². The molecule has 1 aliphatic carbocycles. The number of nitrogens with one attached hydrogen (secondary N) is 2. The number of carboxylic acid groups (broad SMARTS) is 1. The van der Waals surface area contributed by atoms with E-state index in [1.807, 2.05) is 48.5 Å². The highest BCUT2D eigenvalue weighted by molar-refractivity contribution is 6.00. The number of benzene rings is 2. The van der Waals surface area contributed by atoms with Crippen molar-refractivity contribution >= 4 is 29.3 Å². The maximum absolute atomic E-state index is 12.5. The van der Waals surface area contributed by atoms with Crippen LogP contribution in [0.2, 0.25) is 0 Å². The highest BCUT2D eigenvalue weighted by atomic mass is 16.4. The molecule has 4 rings (SSSR count). The lowest BCUT2D eigenvalue weighted by Crippen LogP contribution is -2.16. The van der Waals surface area contributed by atoms with Crippen molar-refractivity contribution in [3.63, 3.8) is 0 Å². The third-order valence-electron chi connectivity index (χ3n) is 6.40. The second-order valence-corrected chi connectivity index (χ2v) is 9.21. The molecule has 1 heterocycles. The van der Waals surface area contributed by atoms with Crippen LogP contribution in [0.25, 0.3) is 0 Å². The third kappa shape index (κ3) is 6.01. The van der Waals surface area contributed by atoms with Crippen LogP contribution in [0.15, 0.2) is 52.9 Å². The number of amides is 1. The van der Waals surface area contributed by atoms with E-state index in [9.17, 15) is 9.59 Å². The topological polar surface area (TPSA) is 117 Å². The number of nitrogens with zero attached hydrogens (tertiary/aromatic N) is 2. The van der Waals surface area contributed by atoms with Gasteiger partial charge in [-0.15, -0.1) is 5.10 Å². The molecular weight excluding hydrogens is 432 g/mol. The smallest absolute Gasteiger partial charge is 0.320 e. The Bertz CT molecular complexity index is 1110. The van der Waals surface area contributed by atoms with Gasteiger partial charge in [-0.2, -0.15) is 0 Å². The quantitative estimate of drug-likeness (QED) is 0.379. The second kappa shape index (κ2) is 10.5. The molecule has 8 heteroatoms. The van der Waals surface area contributed by atoms with Gasteiger partial charge in [0.25, 0.3) is 0 Å². The van der Waals surface area contributed by atoms with Crippen LogP contribution in [0.4, 0.5) is 17.4 Å². The number of anilines is 3. The molecule has 0 bridgehead atoms. The van der Waals surface area contributed by atoms with Gasteiger partial charge in [0.1, 0.15) is 0 Å². The minimum Gasteiger partial charge on any atom is -0.481 e. The van der Waals surface area contributed by atoms with Crippen LogP contribution < -0.4 is 10.6 Å². The average molecular weight is 463 g/mol. The molecule has 2 aromatic carbocycles. The molecule has 1 saturated carbocycles. The summed E-state index contributed by atoms with van der Waals surface area (Å²) in [5.74, 6) is -0.164. The number of aromatic nitrogens is 2. The van der Waals surface area contributed by atoms with E-state index >= 15 is 0 Å². The number of carbonyl (C=O) groups is 2. The van der Waals surface area contributed by atoms with E-state index in [1.165, 1.54) is 11.1 Å². The van der Waals surface area contributed by atoms with E-state index in [0.29, 0.717) is 17.5 Å². The van der Waals surface area contributed by atoms with Crippen molar-refractivity contribution in [3.8, 4) is 0 Å². The highest BCUT2D eigenvalue weighted by Crippen LogP contribution is 2.37. The molecule has 0 unspecified atom stereocenters. The number of carbonyl (C=O) groups excluding carboxylic acids is 1. The van der Waals surface area contributed by atoms with Crippen molar-refractivity contribution in [2.45, 2.75) is 57.8 Å². The molecule has 0 spiro atoms. The molecule has 0 aliphatic heterocycles.